The molecule has 16 heavy (non-hydrogen) atoms. The lowest BCUT2D eigenvalue weighted by atomic mass is 10.1. The Morgan fingerprint density at radius 2 is 2.25 bits per heavy atom. The number of hydrogen-bond acceptors (Lipinski definition) is 4. The van der Waals surface area contributed by atoms with E-state index in [1.165, 1.54) is 0 Å². The summed E-state index contributed by atoms with van der Waals surface area (Å²) in [5.41, 5.74) is 6.59. The number of carbonyl (C=O) groups is 1. The molecule has 0 aliphatic heterocycles. The largest absolute Gasteiger partial charge is 0.360 e. The summed E-state index contributed by atoms with van der Waals surface area (Å²) in [5.74, 6) is 0.456. The third-order valence-electron chi connectivity index (χ3n) is 2.21. The minimum absolute atomic E-state index is 0. The Morgan fingerprint density at radius 3 is 2.75 bits per heavy atom. The van der Waals surface area contributed by atoms with Crippen LogP contribution in [0.1, 0.15) is 35.7 Å². The van der Waals surface area contributed by atoms with E-state index >= 15 is 0 Å². The van der Waals surface area contributed by atoms with Gasteiger partial charge in [0.05, 0.1) is 5.69 Å². The average Bonchev–Trinajstić information content (AvgIpc) is 2.59. The third-order valence-corrected chi connectivity index (χ3v) is 2.21. The lowest BCUT2D eigenvalue weighted by Crippen LogP contribution is -2.38. The van der Waals surface area contributed by atoms with Crippen molar-refractivity contribution < 1.29 is 9.32 Å². The molecule has 0 radical (unpaired) electrons. The summed E-state index contributed by atoms with van der Waals surface area (Å²) in [7, 11) is 0. The Bertz CT molecular complexity index is 352. The number of carbonyl (C=O) groups excluding carboxylic acids is 1. The minimum Gasteiger partial charge on any atom is -0.360 e. The number of hydrogen-bond donors (Lipinski definition) is 2. The first-order valence-corrected chi connectivity index (χ1v) is 5.06. The highest BCUT2D eigenvalue weighted by molar-refractivity contribution is 5.96. The van der Waals surface area contributed by atoms with E-state index in [0.717, 1.165) is 0 Å². The van der Waals surface area contributed by atoms with Gasteiger partial charge in [-0.05, 0) is 13.8 Å². The van der Waals surface area contributed by atoms with E-state index in [0.29, 0.717) is 30.0 Å². The second-order valence-electron chi connectivity index (χ2n) is 3.53. The van der Waals surface area contributed by atoms with Crippen LogP contribution in [-0.2, 0) is 6.42 Å². The van der Waals surface area contributed by atoms with Crippen molar-refractivity contribution in [1.29, 1.82) is 0 Å². The van der Waals surface area contributed by atoms with Crippen molar-refractivity contribution in [3.05, 3.63) is 17.0 Å². The number of aromatic nitrogens is 1. The predicted molar refractivity (Wildman–Crippen MR) is 63.8 cm³/mol. The molecule has 1 atom stereocenters. The van der Waals surface area contributed by atoms with Gasteiger partial charge in [-0.1, -0.05) is 12.1 Å². The van der Waals surface area contributed by atoms with E-state index in [2.05, 4.69) is 10.5 Å². The zero-order valence-corrected chi connectivity index (χ0v) is 10.6. The maximum absolute atomic E-state index is 11.8. The SMILES string of the molecule is CCc1onc(C)c1C(=O)N[C@@H](C)CN.Cl. The fraction of sp³-hybridized carbons (Fsp3) is 0.600. The van der Waals surface area contributed by atoms with Gasteiger partial charge in [0.1, 0.15) is 11.3 Å². The van der Waals surface area contributed by atoms with Gasteiger partial charge < -0.3 is 15.6 Å². The molecule has 0 aliphatic carbocycles. The van der Waals surface area contributed by atoms with Crippen LogP contribution in [0.25, 0.3) is 0 Å². The zero-order chi connectivity index (χ0) is 11.4. The number of aryl methyl sites for hydroxylation is 2. The van der Waals surface area contributed by atoms with Gasteiger partial charge in [-0.2, -0.15) is 0 Å². The molecule has 3 N–H and O–H groups in total. The smallest absolute Gasteiger partial charge is 0.257 e. The van der Waals surface area contributed by atoms with Crippen LogP contribution in [-0.4, -0.2) is 23.7 Å². The number of halogens is 1. The predicted octanol–water partition coefficient (Wildman–Crippen LogP) is 1.04. The molecule has 1 aromatic heterocycles. The summed E-state index contributed by atoms with van der Waals surface area (Å²) in [6.07, 6.45) is 0.653. The molecule has 1 heterocycles. The molecule has 0 spiro atoms. The number of rotatable bonds is 4. The molecule has 0 bridgehead atoms. The summed E-state index contributed by atoms with van der Waals surface area (Å²) in [6.45, 7) is 5.94. The molecule has 0 unspecified atom stereocenters. The van der Waals surface area contributed by atoms with Crippen LogP contribution in [0.2, 0.25) is 0 Å². The van der Waals surface area contributed by atoms with Crippen molar-refractivity contribution in [2.24, 2.45) is 5.73 Å². The summed E-state index contributed by atoms with van der Waals surface area (Å²) in [5, 5.41) is 6.56. The molecule has 5 nitrogen and oxygen atoms in total. The normalized spacial score (nSPS) is 11.8. The first-order valence-electron chi connectivity index (χ1n) is 5.06. The molecular formula is C10H18ClN3O2. The van der Waals surface area contributed by atoms with Crippen molar-refractivity contribution >= 4 is 18.3 Å². The van der Waals surface area contributed by atoms with E-state index in [4.69, 9.17) is 10.3 Å². The van der Waals surface area contributed by atoms with E-state index in [9.17, 15) is 4.79 Å². The average molecular weight is 248 g/mol. The van der Waals surface area contributed by atoms with Crippen LogP contribution in [0.4, 0.5) is 0 Å². The molecule has 92 valence electrons. The van der Waals surface area contributed by atoms with Crippen molar-refractivity contribution in [3.8, 4) is 0 Å². The summed E-state index contributed by atoms with van der Waals surface area (Å²) < 4.78 is 5.04. The summed E-state index contributed by atoms with van der Waals surface area (Å²) in [6, 6.07) is -0.0449. The minimum atomic E-state index is -0.163. The van der Waals surface area contributed by atoms with Gasteiger partial charge in [-0.15, -0.1) is 12.4 Å². The zero-order valence-electron chi connectivity index (χ0n) is 9.74. The number of amides is 1. The second kappa shape index (κ2) is 6.50. The quantitative estimate of drug-likeness (QED) is 0.833. The molecule has 1 rings (SSSR count). The van der Waals surface area contributed by atoms with Gasteiger partial charge in [0.25, 0.3) is 5.91 Å². The van der Waals surface area contributed by atoms with E-state index in [1.807, 2.05) is 13.8 Å². The Labute approximate surface area is 101 Å². The standard InChI is InChI=1S/C10H17N3O2.ClH/c1-4-8-9(7(3)13-15-8)10(14)12-6(2)5-11;/h6H,4-5,11H2,1-3H3,(H,12,14);1H/t6-;/m0./s1. The van der Waals surface area contributed by atoms with E-state index < -0.39 is 0 Å². The molecule has 6 heteroatoms. The molecular weight excluding hydrogens is 230 g/mol. The molecule has 1 aromatic rings. The van der Waals surface area contributed by atoms with Crippen molar-refractivity contribution in [2.75, 3.05) is 6.54 Å². The van der Waals surface area contributed by atoms with Crippen LogP contribution in [0.3, 0.4) is 0 Å². The first kappa shape index (κ1) is 14.9. The number of nitrogens with two attached hydrogens (primary N) is 1. The first-order chi connectivity index (χ1) is 7.10. The number of nitrogens with one attached hydrogen (secondary N) is 1. The summed E-state index contributed by atoms with van der Waals surface area (Å²) >= 11 is 0. The fourth-order valence-electron chi connectivity index (χ4n) is 1.30. The fourth-order valence-corrected chi connectivity index (χ4v) is 1.30. The molecule has 0 aliphatic rings. The van der Waals surface area contributed by atoms with Gasteiger partial charge >= 0.3 is 0 Å². The van der Waals surface area contributed by atoms with Crippen LogP contribution < -0.4 is 11.1 Å². The van der Waals surface area contributed by atoms with Crippen molar-refractivity contribution in [2.45, 2.75) is 33.2 Å². The topological polar surface area (TPSA) is 81.2 Å². The molecule has 0 aromatic carbocycles. The highest BCUT2D eigenvalue weighted by atomic mass is 35.5. The Morgan fingerprint density at radius 1 is 1.62 bits per heavy atom. The Kier molecular flexibility index (Phi) is 6.06. The van der Waals surface area contributed by atoms with Gasteiger partial charge in [0, 0.05) is 19.0 Å². The molecule has 1 amide bonds. The molecule has 0 fully saturated rings. The van der Waals surface area contributed by atoms with Crippen LogP contribution in [0.15, 0.2) is 4.52 Å². The van der Waals surface area contributed by atoms with Gasteiger partial charge in [0.15, 0.2) is 0 Å². The Balaban J connectivity index is 0.00000225. The lowest BCUT2D eigenvalue weighted by molar-refractivity contribution is 0.0939. The highest BCUT2D eigenvalue weighted by Gasteiger charge is 2.19. The van der Waals surface area contributed by atoms with Gasteiger partial charge in [-0.3, -0.25) is 4.79 Å². The summed E-state index contributed by atoms with van der Waals surface area (Å²) in [4.78, 5) is 11.8. The van der Waals surface area contributed by atoms with Crippen molar-refractivity contribution in [3.63, 3.8) is 0 Å². The number of nitrogens with zero attached hydrogens (tertiary/aromatic N) is 1. The van der Waals surface area contributed by atoms with Gasteiger partial charge in [0.2, 0.25) is 0 Å². The third kappa shape index (κ3) is 3.21. The second-order valence-corrected chi connectivity index (χ2v) is 3.53. The molecule has 0 saturated carbocycles. The van der Waals surface area contributed by atoms with Gasteiger partial charge in [-0.25, -0.2) is 0 Å². The van der Waals surface area contributed by atoms with Crippen LogP contribution in [0, 0.1) is 6.92 Å². The maximum atomic E-state index is 11.8. The molecule has 0 saturated heterocycles. The maximum Gasteiger partial charge on any atom is 0.257 e. The van der Waals surface area contributed by atoms with E-state index in [1.54, 1.807) is 6.92 Å². The monoisotopic (exact) mass is 247 g/mol. The van der Waals surface area contributed by atoms with E-state index in [-0.39, 0.29) is 24.4 Å². The lowest BCUT2D eigenvalue weighted by Gasteiger charge is -2.10. The van der Waals surface area contributed by atoms with Crippen molar-refractivity contribution in [1.82, 2.24) is 10.5 Å². The Hall–Kier alpha value is -1.07. The highest BCUT2D eigenvalue weighted by Crippen LogP contribution is 2.13. The van der Waals surface area contributed by atoms with Crippen LogP contribution in [0.5, 0.6) is 0 Å². The van der Waals surface area contributed by atoms with Crippen LogP contribution >= 0.6 is 12.4 Å².